The Bertz CT molecular complexity index is 883. The van der Waals surface area contributed by atoms with Gasteiger partial charge in [0.1, 0.15) is 11.5 Å². The van der Waals surface area contributed by atoms with Crippen LogP contribution in [0.2, 0.25) is 0 Å². The zero-order chi connectivity index (χ0) is 21.8. The minimum absolute atomic E-state index is 0. The summed E-state index contributed by atoms with van der Waals surface area (Å²) in [4.78, 5) is -0.194. The van der Waals surface area contributed by atoms with E-state index < -0.39 is 10.1 Å². The molecule has 166 valence electrons. The molecule has 0 aliphatic heterocycles. The van der Waals surface area contributed by atoms with Gasteiger partial charge in [-0.2, -0.15) is 8.42 Å². The third kappa shape index (κ3) is 11.4. The van der Waals surface area contributed by atoms with E-state index in [9.17, 15) is 18.1 Å². The average Bonchev–Trinajstić information content (AvgIpc) is 2.68. The van der Waals surface area contributed by atoms with Gasteiger partial charge in [0.05, 0.1) is 4.90 Å². The number of hydrogen-bond acceptors (Lipinski definition) is 4. The summed E-state index contributed by atoms with van der Waals surface area (Å²) in [5, 5.41) is 11.5. The third-order valence-electron chi connectivity index (χ3n) is 5.10. The van der Waals surface area contributed by atoms with Crippen LogP contribution in [-0.2, 0) is 16.5 Å². The first-order chi connectivity index (χ1) is 14.4. The molecule has 2 aromatic carbocycles. The number of rotatable bonds is 14. The molecule has 1 N–H and O–H groups in total. The van der Waals surface area contributed by atoms with Crippen molar-refractivity contribution in [3.05, 3.63) is 48.0 Å². The average molecular weight is 457 g/mol. The van der Waals surface area contributed by atoms with Gasteiger partial charge in [-0.3, -0.25) is 4.55 Å². The van der Waals surface area contributed by atoms with E-state index >= 15 is 0 Å². The van der Waals surface area contributed by atoms with Crippen LogP contribution in [0.15, 0.2) is 47.4 Å². The number of aryl methyl sites for hydroxylation is 1. The molecule has 0 amide bonds. The standard InChI is InChI=1S/C24H34O5S.Na/c1-2-3-4-5-6-7-8-9-10-11-13-20-16-23(19-24(17-20)30(26,27)28)29-22-15-12-14-21(25)18-22;/h12,14-19,25H,2-11,13H2,1H3,(H,26,27,28);/q;+1/p-1. The van der Waals surface area contributed by atoms with E-state index in [1.165, 1.54) is 75.6 Å². The molecule has 31 heavy (non-hydrogen) atoms. The Kier molecular flexibility index (Phi) is 13.5. The number of benzene rings is 2. The van der Waals surface area contributed by atoms with Crippen molar-refractivity contribution < 1.29 is 52.4 Å². The van der Waals surface area contributed by atoms with Crippen molar-refractivity contribution in [2.75, 3.05) is 0 Å². The monoisotopic (exact) mass is 456 g/mol. The molecular weight excluding hydrogens is 423 g/mol. The second-order valence-corrected chi connectivity index (χ2v) is 9.22. The molecule has 0 fully saturated rings. The first-order valence-corrected chi connectivity index (χ1v) is 12.4. The Morgan fingerprint density at radius 1 is 0.839 bits per heavy atom. The van der Waals surface area contributed by atoms with E-state index in [1.54, 1.807) is 18.2 Å². The van der Waals surface area contributed by atoms with Crippen molar-refractivity contribution in [3.8, 4) is 17.2 Å². The minimum Gasteiger partial charge on any atom is -0.872 e. The van der Waals surface area contributed by atoms with Crippen LogP contribution >= 0.6 is 0 Å². The van der Waals surface area contributed by atoms with E-state index in [2.05, 4.69) is 6.92 Å². The maximum atomic E-state index is 11.6. The number of ether oxygens (including phenoxy) is 1. The molecule has 0 radical (unpaired) electrons. The number of hydrogen-bond donors (Lipinski definition) is 1. The molecule has 0 atom stereocenters. The van der Waals surface area contributed by atoms with Gasteiger partial charge in [-0.15, -0.1) is 5.75 Å². The molecule has 0 saturated heterocycles. The first kappa shape index (κ1) is 28.0. The maximum Gasteiger partial charge on any atom is 1.00 e. The molecular formula is C24H33NaO5S. The first-order valence-electron chi connectivity index (χ1n) is 10.9. The Labute approximate surface area is 209 Å². The van der Waals surface area contributed by atoms with Crippen molar-refractivity contribution in [1.82, 2.24) is 0 Å². The Morgan fingerprint density at radius 2 is 1.45 bits per heavy atom. The second kappa shape index (κ2) is 14.9. The Hall–Kier alpha value is -1.05. The van der Waals surface area contributed by atoms with E-state index in [0.717, 1.165) is 18.4 Å². The van der Waals surface area contributed by atoms with Crippen LogP contribution in [-0.4, -0.2) is 13.0 Å². The van der Waals surface area contributed by atoms with Gasteiger partial charge in [-0.05, 0) is 42.7 Å². The largest absolute Gasteiger partial charge is 1.00 e. The zero-order valence-electron chi connectivity index (χ0n) is 18.8. The van der Waals surface area contributed by atoms with Crippen LogP contribution < -0.4 is 39.4 Å². The Morgan fingerprint density at radius 3 is 2.03 bits per heavy atom. The molecule has 0 saturated carbocycles. The second-order valence-electron chi connectivity index (χ2n) is 7.80. The normalized spacial score (nSPS) is 11.2. The fourth-order valence-electron chi connectivity index (χ4n) is 3.47. The fourth-order valence-corrected chi connectivity index (χ4v) is 4.04. The molecule has 0 aliphatic carbocycles. The molecule has 2 aromatic rings. The van der Waals surface area contributed by atoms with Crippen molar-refractivity contribution in [1.29, 1.82) is 0 Å². The van der Waals surface area contributed by atoms with Gasteiger partial charge in [0.2, 0.25) is 0 Å². The van der Waals surface area contributed by atoms with Crippen molar-refractivity contribution in [2.45, 2.75) is 82.4 Å². The molecule has 0 unspecified atom stereocenters. The smallest absolute Gasteiger partial charge is 0.872 e. The van der Waals surface area contributed by atoms with E-state index in [0.29, 0.717) is 12.2 Å². The summed E-state index contributed by atoms with van der Waals surface area (Å²) in [6, 6.07) is 10.5. The van der Waals surface area contributed by atoms with Crippen LogP contribution in [0.25, 0.3) is 0 Å². The van der Waals surface area contributed by atoms with Gasteiger partial charge in [0.15, 0.2) is 0 Å². The van der Waals surface area contributed by atoms with Gasteiger partial charge in [-0.25, -0.2) is 0 Å². The summed E-state index contributed by atoms with van der Waals surface area (Å²) in [6.45, 7) is 2.23. The van der Waals surface area contributed by atoms with Crippen LogP contribution in [0.5, 0.6) is 17.2 Å². The van der Waals surface area contributed by atoms with Crippen LogP contribution in [0, 0.1) is 0 Å². The Balaban J connectivity index is 0.00000480. The predicted octanol–water partition coefficient (Wildman–Crippen LogP) is 3.27. The summed E-state index contributed by atoms with van der Waals surface area (Å²) >= 11 is 0. The molecule has 0 bridgehead atoms. The van der Waals surface area contributed by atoms with Crippen LogP contribution in [0.1, 0.15) is 76.7 Å². The van der Waals surface area contributed by atoms with Crippen LogP contribution in [0.3, 0.4) is 0 Å². The van der Waals surface area contributed by atoms with Crippen molar-refractivity contribution in [2.24, 2.45) is 0 Å². The van der Waals surface area contributed by atoms with Gasteiger partial charge in [0, 0.05) is 6.07 Å². The molecule has 0 aliphatic rings. The van der Waals surface area contributed by atoms with Crippen LogP contribution in [0.4, 0.5) is 0 Å². The minimum atomic E-state index is -4.34. The third-order valence-corrected chi connectivity index (χ3v) is 5.93. The maximum absolute atomic E-state index is 11.6. The van der Waals surface area contributed by atoms with Gasteiger partial charge in [0.25, 0.3) is 10.1 Å². The molecule has 0 aromatic heterocycles. The summed E-state index contributed by atoms with van der Waals surface area (Å²) in [5.41, 5.74) is 0.790. The molecule has 2 rings (SSSR count). The fraction of sp³-hybridized carbons (Fsp3) is 0.500. The molecule has 5 nitrogen and oxygen atoms in total. The topological polar surface area (TPSA) is 86.7 Å². The molecule has 0 spiro atoms. The van der Waals surface area contributed by atoms with E-state index in [1.807, 2.05) is 0 Å². The van der Waals surface area contributed by atoms with Gasteiger partial charge in [-0.1, -0.05) is 76.8 Å². The predicted molar refractivity (Wildman–Crippen MR) is 118 cm³/mol. The summed E-state index contributed by atoms with van der Waals surface area (Å²) in [7, 11) is -4.34. The molecule has 7 heteroatoms. The van der Waals surface area contributed by atoms with Gasteiger partial charge < -0.3 is 9.84 Å². The quantitative estimate of drug-likeness (QED) is 0.268. The van der Waals surface area contributed by atoms with E-state index in [4.69, 9.17) is 4.74 Å². The summed E-state index contributed by atoms with van der Waals surface area (Å²) in [6.07, 6.45) is 13.0. The SMILES string of the molecule is CCCCCCCCCCCCc1cc(Oc2cccc([O-])c2)cc(S(=O)(=O)O)c1.[Na+]. The number of unbranched alkanes of at least 4 members (excludes halogenated alkanes) is 9. The zero-order valence-corrected chi connectivity index (χ0v) is 21.6. The van der Waals surface area contributed by atoms with Gasteiger partial charge >= 0.3 is 29.6 Å². The van der Waals surface area contributed by atoms with E-state index in [-0.39, 0.29) is 46.0 Å². The van der Waals surface area contributed by atoms with Crippen molar-refractivity contribution in [3.63, 3.8) is 0 Å². The summed E-state index contributed by atoms with van der Waals surface area (Å²) in [5.74, 6) is 0.432. The van der Waals surface area contributed by atoms with Crippen molar-refractivity contribution >= 4 is 10.1 Å². The summed E-state index contributed by atoms with van der Waals surface area (Å²) < 4.78 is 38.4. The molecule has 0 heterocycles.